The maximum Gasteiger partial charge on any atom is 0.184 e. The highest BCUT2D eigenvalue weighted by Crippen LogP contribution is 2.21. The molecule has 0 amide bonds. The van der Waals surface area contributed by atoms with E-state index in [1.807, 2.05) is 70.9 Å². The summed E-state index contributed by atoms with van der Waals surface area (Å²) >= 11 is 11.9. The predicted octanol–water partition coefficient (Wildman–Crippen LogP) is 6.50. The van der Waals surface area contributed by atoms with Crippen molar-refractivity contribution in [3.63, 3.8) is 0 Å². The number of para-hydroxylation sites is 2. The molecule has 0 unspecified atom stereocenters. The molecule has 0 spiro atoms. The molecule has 35 heavy (non-hydrogen) atoms. The Kier molecular flexibility index (Phi) is 6.81. The third-order valence-electron chi connectivity index (χ3n) is 6.00. The van der Waals surface area contributed by atoms with E-state index in [4.69, 9.17) is 28.6 Å². The SMILES string of the molecule is Cn1c(COCCn2cc(Cc3ccc(F)cc3)n(-c3ccc(Cl)cc3)c2=S)nc2ccccc21. The van der Waals surface area contributed by atoms with Crippen LogP contribution in [-0.2, 0) is 31.4 Å². The molecule has 0 radical (unpaired) electrons. The normalized spacial score (nSPS) is 11.4. The van der Waals surface area contributed by atoms with Crippen molar-refractivity contribution in [2.75, 3.05) is 6.61 Å². The van der Waals surface area contributed by atoms with Crippen LogP contribution in [0.15, 0.2) is 79.0 Å². The zero-order valence-electron chi connectivity index (χ0n) is 19.2. The Labute approximate surface area is 213 Å². The van der Waals surface area contributed by atoms with Gasteiger partial charge in [-0.05, 0) is 66.3 Å². The van der Waals surface area contributed by atoms with Gasteiger partial charge in [0.05, 0.1) is 17.6 Å². The topological polar surface area (TPSA) is 36.9 Å². The van der Waals surface area contributed by atoms with E-state index >= 15 is 0 Å². The Morgan fingerprint density at radius 3 is 2.49 bits per heavy atom. The molecule has 5 nitrogen and oxygen atoms in total. The molecule has 178 valence electrons. The number of fused-ring (bicyclic) bond motifs is 1. The van der Waals surface area contributed by atoms with Crippen molar-refractivity contribution in [1.29, 1.82) is 0 Å². The summed E-state index contributed by atoms with van der Waals surface area (Å²) in [4.78, 5) is 4.66. The van der Waals surface area contributed by atoms with E-state index < -0.39 is 0 Å². The fourth-order valence-corrected chi connectivity index (χ4v) is 4.65. The maximum atomic E-state index is 13.4. The second-order valence-corrected chi connectivity index (χ2v) is 9.14. The minimum Gasteiger partial charge on any atom is -0.372 e. The van der Waals surface area contributed by atoms with Crippen molar-refractivity contribution >= 4 is 34.9 Å². The molecule has 5 aromatic rings. The molecule has 0 aliphatic carbocycles. The first kappa shape index (κ1) is 23.5. The lowest BCUT2D eigenvalue weighted by atomic mass is 10.1. The molecule has 2 heterocycles. The van der Waals surface area contributed by atoms with Gasteiger partial charge in [0.25, 0.3) is 0 Å². The lowest BCUT2D eigenvalue weighted by Crippen LogP contribution is -2.08. The molecule has 0 aliphatic heterocycles. The third kappa shape index (κ3) is 5.07. The summed E-state index contributed by atoms with van der Waals surface area (Å²) in [5.41, 5.74) is 4.97. The molecular weight excluding hydrogens is 483 g/mol. The van der Waals surface area contributed by atoms with Crippen LogP contribution < -0.4 is 0 Å². The van der Waals surface area contributed by atoms with Crippen LogP contribution in [0.1, 0.15) is 17.1 Å². The summed E-state index contributed by atoms with van der Waals surface area (Å²) in [6.07, 6.45) is 2.65. The van der Waals surface area contributed by atoms with E-state index in [0.29, 0.717) is 36.0 Å². The Hall–Kier alpha value is -3.26. The van der Waals surface area contributed by atoms with Gasteiger partial charge in [-0.15, -0.1) is 0 Å². The van der Waals surface area contributed by atoms with Gasteiger partial charge in [0.1, 0.15) is 18.2 Å². The van der Waals surface area contributed by atoms with Crippen LogP contribution >= 0.6 is 23.8 Å². The Morgan fingerprint density at radius 2 is 1.74 bits per heavy atom. The number of aryl methyl sites for hydroxylation is 1. The number of hydrogen-bond acceptors (Lipinski definition) is 3. The Bertz CT molecular complexity index is 1520. The first-order valence-electron chi connectivity index (χ1n) is 11.3. The molecule has 0 saturated heterocycles. The minimum atomic E-state index is -0.251. The number of ether oxygens (including phenoxy) is 1. The predicted molar refractivity (Wildman–Crippen MR) is 139 cm³/mol. The number of nitrogens with zero attached hydrogens (tertiary/aromatic N) is 4. The van der Waals surface area contributed by atoms with Crippen molar-refractivity contribution in [1.82, 2.24) is 18.7 Å². The van der Waals surface area contributed by atoms with Crippen molar-refractivity contribution in [3.8, 4) is 5.69 Å². The van der Waals surface area contributed by atoms with Crippen molar-refractivity contribution in [3.05, 3.63) is 112 Å². The van der Waals surface area contributed by atoms with Crippen LogP contribution in [0.25, 0.3) is 16.7 Å². The molecule has 0 saturated carbocycles. The number of imidazole rings is 2. The van der Waals surface area contributed by atoms with E-state index in [-0.39, 0.29) is 5.82 Å². The zero-order valence-corrected chi connectivity index (χ0v) is 20.8. The van der Waals surface area contributed by atoms with Gasteiger partial charge in [0.2, 0.25) is 0 Å². The smallest absolute Gasteiger partial charge is 0.184 e. The van der Waals surface area contributed by atoms with Crippen LogP contribution in [0.4, 0.5) is 4.39 Å². The molecule has 3 aromatic carbocycles. The first-order valence-corrected chi connectivity index (χ1v) is 12.1. The number of halogens is 2. The van der Waals surface area contributed by atoms with Crippen LogP contribution in [0, 0.1) is 10.6 Å². The van der Waals surface area contributed by atoms with Crippen molar-refractivity contribution < 1.29 is 9.13 Å². The van der Waals surface area contributed by atoms with Crippen LogP contribution in [0.2, 0.25) is 5.02 Å². The van der Waals surface area contributed by atoms with Crippen LogP contribution in [0.5, 0.6) is 0 Å². The maximum absolute atomic E-state index is 13.4. The molecule has 0 fully saturated rings. The molecule has 8 heteroatoms. The molecule has 0 atom stereocenters. The summed E-state index contributed by atoms with van der Waals surface area (Å²) in [6, 6.07) is 22.1. The highest BCUT2D eigenvalue weighted by molar-refractivity contribution is 7.71. The van der Waals surface area contributed by atoms with Gasteiger partial charge >= 0.3 is 0 Å². The summed E-state index contributed by atoms with van der Waals surface area (Å²) in [5.74, 6) is 0.629. The highest BCUT2D eigenvalue weighted by Gasteiger charge is 2.13. The van der Waals surface area contributed by atoms with Crippen LogP contribution in [-0.4, -0.2) is 25.3 Å². The van der Waals surface area contributed by atoms with Gasteiger partial charge in [0, 0.05) is 42.6 Å². The second-order valence-electron chi connectivity index (χ2n) is 8.34. The van der Waals surface area contributed by atoms with E-state index in [2.05, 4.69) is 9.55 Å². The summed E-state index contributed by atoms with van der Waals surface area (Å²) < 4.78 is 26.1. The molecule has 2 aromatic heterocycles. The summed E-state index contributed by atoms with van der Waals surface area (Å²) in [7, 11) is 2.00. The molecule has 0 N–H and O–H groups in total. The van der Waals surface area contributed by atoms with E-state index in [9.17, 15) is 4.39 Å². The number of rotatable bonds is 8. The van der Waals surface area contributed by atoms with Crippen molar-refractivity contribution in [2.45, 2.75) is 19.6 Å². The average molecular weight is 507 g/mol. The lowest BCUT2D eigenvalue weighted by molar-refractivity contribution is 0.106. The number of hydrogen-bond donors (Lipinski definition) is 0. The average Bonchev–Trinajstić information content (AvgIpc) is 3.35. The first-order chi connectivity index (χ1) is 17.0. The molecule has 0 aliphatic rings. The van der Waals surface area contributed by atoms with Crippen LogP contribution in [0.3, 0.4) is 0 Å². The second kappa shape index (κ2) is 10.2. The third-order valence-corrected chi connectivity index (χ3v) is 6.67. The number of aromatic nitrogens is 4. The van der Waals surface area contributed by atoms with Gasteiger partial charge in [-0.1, -0.05) is 35.9 Å². The number of benzene rings is 3. The lowest BCUT2D eigenvalue weighted by Gasteiger charge is -2.09. The molecular formula is C27H24ClFN4OS. The largest absolute Gasteiger partial charge is 0.372 e. The standard InChI is InChI=1S/C27H24ClFN4OS/c1-31-25-5-3-2-4-24(25)30-26(31)18-34-15-14-32-17-23(16-19-6-10-21(29)11-7-19)33(27(32)35)22-12-8-20(28)9-13-22/h2-13,17H,14-16,18H2,1H3. The summed E-state index contributed by atoms with van der Waals surface area (Å²) in [5, 5.41) is 0.662. The monoisotopic (exact) mass is 506 g/mol. The van der Waals surface area contributed by atoms with E-state index in [0.717, 1.165) is 33.8 Å². The molecule has 0 bridgehead atoms. The van der Waals surface area contributed by atoms with Gasteiger partial charge in [-0.3, -0.25) is 4.57 Å². The Balaban J connectivity index is 1.35. The highest BCUT2D eigenvalue weighted by atomic mass is 35.5. The Morgan fingerprint density at radius 1 is 1.00 bits per heavy atom. The van der Waals surface area contributed by atoms with Gasteiger partial charge < -0.3 is 13.9 Å². The van der Waals surface area contributed by atoms with Gasteiger partial charge in [-0.2, -0.15) is 0 Å². The van der Waals surface area contributed by atoms with Gasteiger partial charge in [0.15, 0.2) is 4.77 Å². The fraction of sp³-hybridized carbons (Fsp3) is 0.185. The minimum absolute atomic E-state index is 0.251. The fourth-order valence-electron chi connectivity index (χ4n) is 4.16. The van der Waals surface area contributed by atoms with Gasteiger partial charge in [-0.25, -0.2) is 9.37 Å². The zero-order chi connectivity index (χ0) is 24.4. The summed E-state index contributed by atoms with van der Waals surface area (Å²) in [6.45, 7) is 1.50. The van der Waals surface area contributed by atoms with E-state index in [1.165, 1.54) is 12.1 Å². The van der Waals surface area contributed by atoms with Crippen molar-refractivity contribution in [2.24, 2.45) is 7.05 Å². The quantitative estimate of drug-likeness (QED) is 0.178. The molecule has 5 rings (SSSR count). The van der Waals surface area contributed by atoms with E-state index in [1.54, 1.807) is 12.1 Å².